The number of hydrogen-bond acceptors (Lipinski definition) is 1. The fourth-order valence-electron chi connectivity index (χ4n) is 1.98. The Bertz CT molecular complexity index is 336. The van der Waals surface area contributed by atoms with Crippen LogP contribution in [0.3, 0.4) is 0 Å². The molecule has 0 amide bonds. The molecule has 0 unspecified atom stereocenters. The van der Waals surface area contributed by atoms with Gasteiger partial charge in [-0.05, 0) is 19.4 Å². The van der Waals surface area contributed by atoms with Crippen LogP contribution in [-0.4, -0.2) is 6.54 Å². The largest absolute Gasteiger partial charge is 0.310 e. The molecule has 1 atom stereocenters. The standard InChI is InChI=1S/C11H12F3N/c12-7-5-8(13)11(9(14)6-7)10-3-1-2-4-15-10/h5-6,10,15H,1-4H2/t10-/m1/s1. The SMILES string of the molecule is Fc1cc(F)c([C@H]2CCCCN2)c(F)c1. The summed E-state index contributed by atoms with van der Waals surface area (Å²) in [6, 6.07) is 1.14. The number of benzene rings is 1. The molecule has 0 spiro atoms. The van der Waals surface area contributed by atoms with Gasteiger partial charge in [-0.15, -0.1) is 0 Å². The Balaban J connectivity index is 2.33. The van der Waals surface area contributed by atoms with Gasteiger partial charge in [0.25, 0.3) is 0 Å². The van der Waals surface area contributed by atoms with E-state index < -0.39 is 17.5 Å². The summed E-state index contributed by atoms with van der Waals surface area (Å²) in [6.07, 6.45) is 2.65. The molecule has 0 radical (unpaired) electrons. The summed E-state index contributed by atoms with van der Waals surface area (Å²) in [6.45, 7) is 0.751. The van der Waals surface area contributed by atoms with Crippen molar-refractivity contribution in [1.82, 2.24) is 5.32 Å². The molecule has 0 bridgehead atoms. The van der Waals surface area contributed by atoms with E-state index in [2.05, 4.69) is 5.32 Å². The van der Waals surface area contributed by atoms with Crippen LogP contribution in [0.5, 0.6) is 0 Å². The third-order valence-corrected chi connectivity index (χ3v) is 2.70. The second kappa shape index (κ2) is 4.23. The van der Waals surface area contributed by atoms with E-state index in [0.29, 0.717) is 6.42 Å². The van der Waals surface area contributed by atoms with Crippen LogP contribution in [0.1, 0.15) is 30.9 Å². The van der Waals surface area contributed by atoms with E-state index in [9.17, 15) is 13.2 Å². The number of rotatable bonds is 1. The molecular weight excluding hydrogens is 203 g/mol. The summed E-state index contributed by atoms with van der Waals surface area (Å²) in [5.74, 6) is -2.47. The van der Waals surface area contributed by atoms with E-state index in [0.717, 1.165) is 31.5 Å². The molecule has 1 aromatic rings. The molecule has 2 rings (SSSR count). The maximum Gasteiger partial charge on any atom is 0.133 e. The van der Waals surface area contributed by atoms with Crippen LogP contribution in [0.2, 0.25) is 0 Å². The van der Waals surface area contributed by atoms with Gasteiger partial charge in [-0.1, -0.05) is 6.42 Å². The van der Waals surface area contributed by atoms with Crippen molar-refractivity contribution in [2.75, 3.05) is 6.54 Å². The van der Waals surface area contributed by atoms with Crippen molar-refractivity contribution < 1.29 is 13.2 Å². The normalized spacial score (nSPS) is 21.7. The predicted octanol–water partition coefficient (Wildman–Crippen LogP) is 2.92. The van der Waals surface area contributed by atoms with Crippen molar-refractivity contribution in [3.63, 3.8) is 0 Å². The minimum absolute atomic E-state index is 0.0314. The maximum atomic E-state index is 13.4. The molecule has 1 fully saturated rings. The molecule has 15 heavy (non-hydrogen) atoms. The first-order valence-corrected chi connectivity index (χ1v) is 5.06. The van der Waals surface area contributed by atoms with Gasteiger partial charge in [0.2, 0.25) is 0 Å². The van der Waals surface area contributed by atoms with Crippen LogP contribution < -0.4 is 5.32 Å². The van der Waals surface area contributed by atoms with Crippen LogP contribution in [0.4, 0.5) is 13.2 Å². The van der Waals surface area contributed by atoms with Gasteiger partial charge in [0.15, 0.2) is 0 Å². The van der Waals surface area contributed by atoms with Crippen LogP contribution in [-0.2, 0) is 0 Å². The summed E-state index contributed by atoms with van der Waals surface area (Å²) < 4.78 is 39.4. The Hall–Kier alpha value is -1.03. The lowest BCUT2D eigenvalue weighted by Gasteiger charge is -2.24. The first-order valence-electron chi connectivity index (χ1n) is 5.06. The van der Waals surface area contributed by atoms with Gasteiger partial charge in [-0.25, -0.2) is 13.2 Å². The Morgan fingerprint density at radius 2 is 1.73 bits per heavy atom. The fourth-order valence-corrected chi connectivity index (χ4v) is 1.98. The van der Waals surface area contributed by atoms with Crippen LogP contribution in [0, 0.1) is 17.5 Å². The van der Waals surface area contributed by atoms with Crippen LogP contribution >= 0.6 is 0 Å². The summed E-state index contributed by atoms with van der Waals surface area (Å²) >= 11 is 0. The molecule has 1 heterocycles. The van der Waals surface area contributed by atoms with Gasteiger partial charge in [0.1, 0.15) is 17.5 Å². The van der Waals surface area contributed by atoms with E-state index in [-0.39, 0.29) is 11.6 Å². The van der Waals surface area contributed by atoms with Gasteiger partial charge >= 0.3 is 0 Å². The number of nitrogens with one attached hydrogen (secondary N) is 1. The Kier molecular flexibility index (Phi) is 2.95. The zero-order chi connectivity index (χ0) is 10.8. The summed E-state index contributed by atoms with van der Waals surface area (Å²) in [7, 11) is 0. The number of hydrogen-bond donors (Lipinski definition) is 1. The smallest absolute Gasteiger partial charge is 0.133 e. The van der Waals surface area contributed by atoms with Crippen molar-refractivity contribution in [1.29, 1.82) is 0 Å². The molecule has 1 nitrogen and oxygen atoms in total. The second-order valence-electron chi connectivity index (χ2n) is 3.79. The van der Waals surface area contributed by atoms with E-state index in [1.54, 1.807) is 0 Å². The zero-order valence-corrected chi connectivity index (χ0v) is 8.19. The molecule has 1 saturated heterocycles. The van der Waals surface area contributed by atoms with E-state index in [1.807, 2.05) is 0 Å². The average molecular weight is 215 g/mol. The first-order chi connectivity index (χ1) is 7.18. The third kappa shape index (κ3) is 2.15. The number of piperidine rings is 1. The van der Waals surface area contributed by atoms with Gasteiger partial charge < -0.3 is 5.32 Å². The zero-order valence-electron chi connectivity index (χ0n) is 8.19. The lowest BCUT2D eigenvalue weighted by atomic mass is 9.96. The number of halogens is 3. The highest BCUT2D eigenvalue weighted by Gasteiger charge is 2.22. The molecule has 1 aromatic carbocycles. The van der Waals surface area contributed by atoms with Crippen LogP contribution in [0.25, 0.3) is 0 Å². The maximum absolute atomic E-state index is 13.4. The summed E-state index contributed by atoms with van der Waals surface area (Å²) in [5.41, 5.74) is -0.0314. The van der Waals surface area contributed by atoms with Crippen molar-refractivity contribution in [3.8, 4) is 0 Å². The van der Waals surface area contributed by atoms with Gasteiger partial charge in [0.05, 0.1) is 0 Å². The lowest BCUT2D eigenvalue weighted by Crippen LogP contribution is -2.28. The molecule has 1 N–H and O–H groups in total. The van der Waals surface area contributed by atoms with Gasteiger partial charge in [-0.2, -0.15) is 0 Å². The topological polar surface area (TPSA) is 12.0 Å². The molecule has 1 aliphatic heterocycles. The molecular formula is C11H12F3N. The fraction of sp³-hybridized carbons (Fsp3) is 0.455. The quantitative estimate of drug-likeness (QED) is 0.759. The average Bonchev–Trinajstić information content (AvgIpc) is 2.17. The van der Waals surface area contributed by atoms with Crippen LogP contribution in [0.15, 0.2) is 12.1 Å². The predicted molar refractivity (Wildman–Crippen MR) is 50.9 cm³/mol. The highest BCUT2D eigenvalue weighted by molar-refractivity contribution is 5.24. The van der Waals surface area contributed by atoms with Gasteiger partial charge in [0, 0.05) is 23.7 Å². The molecule has 0 aliphatic carbocycles. The molecule has 4 heteroatoms. The van der Waals surface area contributed by atoms with Gasteiger partial charge in [-0.3, -0.25) is 0 Å². The first kappa shape index (κ1) is 10.5. The Morgan fingerprint density at radius 3 is 2.27 bits per heavy atom. The van der Waals surface area contributed by atoms with Crippen molar-refractivity contribution in [2.45, 2.75) is 25.3 Å². The second-order valence-corrected chi connectivity index (χ2v) is 3.79. The highest BCUT2D eigenvalue weighted by atomic mass is 19.1. The van der Waals surface area contributed by atoms with E-state index in [4.69, 9.17) is 0 Å². The highest BCUT2D eigenvalue weighted by Crippen LogP contribution is 2.27. The third-order valence-electron chi connectivity index (χ3n) is 2.70. The van der Waals surface area contributed by atoms with E-state index >= 15 is 0 Å². The molecule has 82 valence electrons. The summed E-state index contributed by atoms with van der Waals surface area (Å²) in [4.78, 5) is 0. The molecule has 1 aliphatic rings. The Labute approximate surface area is 86.3 Å². The van der Waals surface area contributed by atoms with Crippen molar-refractivity contribution in [2.24, 2.45) is 0 Å². The van der Waals surface area contributed by atoms with Crippen molar-refractivity contribution in [3.05, 3.63) is 35.1 Å². The minimum Gasteiger partial charge on any atom is -0.310 e. The molecule has 0 aromatic heterocycles. The monoisotopic (exact) mass is 215 g/mol. The Morgan fingerprint density at radius 1 is 1.07 bits per heavy atom. The van der Waals surface area contributed by atoms with Crippen molar-refractivity contribution >= 4 is 0 Å². The molecule has 0 saturated carbocycles. The van der Waals surface area contributed by atoms with E-state index in [1.165, 1.54) is 0 Å². The minimum atomic E-state index is -0.871. The lowest BCUT2D eigenvalue weighted by molar-refractivity contribution is 0.382. The summed E-state index contributed by atoms with van der Waals surface area (Å²) in [5, 5.41) is 3.03.